The van der Waals surface area contributed by atoms with Gasteiger partial charge in [-0.2, -0.15) is 5.10 Å². The molecule has 1 atom stereocenters. The number of rotatable bonds is 4. The van der Waals surface area contributed by atoms with Gasteiger partial charge in [-0.1, -0.05) is 11.2 Å². The summed E-state index contributed by atoms with van der Waals surface area (Å²) in [5.74, 6) is 0.0647. The molecule has 0 aliphatic carbocycles. The molecule has 0 spiro atoms. The van der Waals surface area contributed by atoms with Crippen molar-refractivity contribution in [3.8, 4) is 5.69 Å². The molecule has 28 heavy (non-hydrogen) atoms. The van der Waals surface area contributed by atoms with Crippen molar-refractivity contribution >= 4 is 17.5 Å². The molecule has 1 saturated heterocycles. The van der Waals surface area contributed by atoms with E-state index in [1.165, 1.54) is 0 Å². The predicted molar refractivity (Wildman–Crippen MR) is 102 cm³/mol. The van der Waals surface area contributed by atoms with E-state index in [4.69, 9.17) is 4.52 Å². The van der Waals surface area contributed by atoms with E-state index >= 15 is 0 Å². The largest absolute Gasteiger partial charge is 0.361 e. The summed E-state index contributed by atoms with van der Waals surface area (Å²) in [6, 6.07) is 8.75. The average Bonchev–Trinajstić information content (AvgIpc) is 3.43. The summed E-state index contributed by atoms with van der Waals surface area (Å²) in [6.07, 6.45) is 4.93. The van der Waals surface area contributed by atoms with E-state index in [1.54, 1.807) is 29.6 Å². The maximum atomic E-state index is 13.0. The molecule has 1 aromatic carbocycles. The molecule has 0 bridgehead atoms. The molecule has 8 heteroatoms. The summed E-state index contributed by atoms with van der Waals surface area (Å²) in [7, 11) is 0. The van der Waals surface area contributed by atoms with Crippen LogP contribution in [-0.4, -0.2) is 44.2 Å². The van der Waals surface area contributed by atoms with Crippen LogP contribution in [0.25, 0.3) is 5.69 Å². The van der Waals surface area contributed by atoms with Gasteiger partial charge in [0.05, 0.1) is 11.4 Å². The van der Waals surface area contributed by atoms with Gasteiger partial charge in [-0.15, -0.1) is 0 Å². The number of nitrogens with one attached hydrogen (secondary N) is 1. The summed E-state index contributed by atoms with van der Waals surface area (Å²) >= 11 is 0. The minimum absolute atomic E-state index is 0.199. The molecule has 1 aliphatic heterocycles. The van der Waals surface area contributed by atoms with Crippen molar-refractivity contribution in [3.63, 3.8) is 0 Å². The number of aromatic nitrogens is 3. The van der Waals surface area contributed by atoms with Crippen LogP contribution in [0.4, 0.5) is 5.69 Å². The highest BCUT2D eigenvalue weighted by molar-refractivity contribution is 6.02. The molecule has 1 fully saturated rings. The van der Waals surface area contributed by atoms with Crippen molar-refractivity contribution in [1.82, 2.24) is 19.8 Å². The molecule has 3 heterocycles. The maximum absolute atomic E-state index is 13.0. The van der Waals surface area contributed by atoms with Crippen LogP contribution in [0.15, 0.2) is 47.2 Å². The van der Waals surface area contributed by atoms with Crippen LogP contribution in [0.2, 0.25) is 0 Å². The van der Waals surface area contributed by atoms with Crippen LogP contribution in [0.5, 0.6) is 0 Å². The van der Waals surface area contributed by atoms with Gasteiger partial charge in [-0.3, -0.25) is 9.59 Å². The summed E-state index contributed by atoms with van der Waals surface area (Å²) in [4.78, 5) is 27.5. The summed E-state index contributed by atoms with van der Waals surface area (Å²) in [5.41, 5.74) is 2.49. The topological polar surface area (TPSA) is 93.3 Å². The lowest BCUT2D eigenvalue weighted by Crippen LogP contribution is -2.43. The summed E-state index contributed by atoms with van der Waals surface area (Å²) in [6.45, 7) is 3.98. The fraction of sp³-hybridized carbons (Fsp3) is 0.300. The zero-order chi connectivity index (χ0) is 19.7. The number of likely N-dealkylation sites (tertiary alicyclic amines) is 1. The molecule has 4 rings (SSSR count). The molecule has 0 radical (unpaired) electrons. The Morgan fingerprint density at radius 3 is 2.82 bits per heavy atom. The van der Waals surface area contributed by atoms with Crippen LogP contribution in [0.1, 0.15) is 34.7 Å². The monoisotopic (exact) mass is 379 g/mol. The van der Waals surface area contributed by atoms with E-state index in [0.717, 1.165) is 12.1 Å². The quantitative estimate of drug-likeness (QED) is 0.752. The van der Waals surface area contributed by atoms with E-state index in [-0.39, 0.29) is 11.8 Å². The van der Waals surface area contributed by atoms with E-state index in [0.29, 0.717) is 35.7 Å². The molecule has 1 aliphatic rings. The third kappa shape index (κ3) is 3.28. The third-order valence-corrected chi connectivity index (χ3v) is 4.95. The number of carbonyl (C=O) groups excluding carboxylic acids is 2. The predicted octanol–water partition coefficient (Wildman–Crippen LogP) is 2.72. The zero-order valence-corrected chi connectivity index (χ0v) is 15.8. The highest BCUT2D eigenvalue weighted by Gasteiger charge is 2.36. The molecular weight excluding hydrogens is 358 g/mol. The second-order valence-electron chi connectivity index (χ2n) is 6.85. The van der Waals surface area contributed by atoms with Gasteiger partial charge >= 0.3 is 0 Å². The Kier molecular flexibility index (Phi) is 4.68. The fourth-order valence-electron chi connectivity index (χ4n) is 3.59. The van der Waals surface area contributed by atoms with Gasteiger partial charge in [-0.05, 0) is 51.0 Å². The van der Waals surface area contributed by atoms with Crippen molar-refractivity contribution in [2.24, 2.45) is 0 Å². The van der Waals surface area contributed by atoms with Crippen molar-refractivity contribution in [1.29, 1.82) is 0 Å². The number of amides is 2. The molecular formula is C20H21N5O3. The number of benzene rings is 1. The number of aryl methyl sites for hydroxylation is 2. The highest BCUT2D eigenvalue weighted by atomic mass is 16.5. The molecule has 3 aromatic rings. The van der Waals surface area contributed by atoms with Crippen LogP contribution in [-0.2, 0) is 4.79 Å². The summed E-state index contributed by atoms with van der Waals surface area (Å²) < 4.78 is 6.83. The van der Waals surface area contributed by atoms with Gasteiger partial charge in [0, 0.05) is 24.6 Å². The lowest BCUT2D eigenvalue weighted by atomic mass is 10.1. The molecule has 0 unspecified atom stereocenters. The van der Waals surface area contributed by atoms with Crippen LogP contribution >= 0.6 is 0 Å². The van der Waals surface area contributed by atoms with Crippen LogP contribution in [0.3, 0.4) is 0 Å². The average molecular weight is 379 g/mol. The molecule has 0 saturated carbocycles. The van der Waals surface area contributed by atoms with Gasteiger partial charge in [0.2, 0.25) is 5.91 Å². The Labute approximate surface area is 162 Å². The second kappa shape index (κ2) is 7.30. The van der Waals surface area contributed by atoms with E-state index in [1.807, 2.05) is 36.5 Å². The van der Waals surface area contributed by atoms with Gasteiger partial charge < -0.3 is 14.7 Å². The number of carbonyl (C=O) groups is 2. The molecule has 1 N–H and O–H groups in total. The van der Waals surface area contributed by atoms with Gasteiger partial charge in [0.25, 0.3) is 5.91 Å². The SMILES string of the molecule is Cc1noc(C)c1C(=O)N1CCC[C@@H]1C(=O)Nc1cccc(-n2cccn2)c1. The minimum atomic E-state index is -0.519. The second-order valence-corrected chi connectivity index (χ2v) is 6.85. The Bertz CT molecular complexity index is 989. The molecule has 2 amide bonds. The Balaban J connectivity index is 1.52. The van der Waals surface area contributed by atoms with E-state index in [2.05, 4.69) is 15.6 Å². The van der Waals surface area contributed by atoms with Crippen molar-refractivity contribution in [2.75, 3.05) is 11.9 Å². The van der Waals surface area contributed by atoms with Crippen LogP contribution in [0, 0.1) is 13.8 Å². The smallest absolute Gasteiger partial charge is 0.260 e. The lowest BCUT2D eigenvalue weighted by Gasteiger charge is -2.24. The van der Waals surface area contributed by atoms with Gasteiger partial charge in [0.1, 0.15) is 17.4 Å². The van der Waals surface area contributed by atoms with E-state index in [9.17, 15) is 9.59 Å². The van der Waals surface area contributed by atoms with Crippen molar-refractivity contribution in [2.45, 2.75) is 32.7 Å². The number of anilines is 1. The fourth-order valence-corrected chi connectivity index (χ4v) is 3.59. The molecule has 8 nitrogen and oxygen atoms in total. The zero-order valence-electron chi connectivity index (χ0n) is 15.8. The van der Waals surface area contributed by atoms with Crippen LogP contribution < -0.4 is 5.32 Å². The lowest BCUT2D eigenvalue weighted by molar-refractivity contribution is -0.119. The van der Waals surface area contributed by atoms with Gasteiger partial charge in [-0.25, -0.2) is 4.68 Å². The van der Waals surface area contributed by atoms with Crippen molar-refractivity contribution in [3.05, 3.63) is 59.7 Å². The Morgan fingerprint density at radius 1 is 1.25 bits per heavy atom. The normalized spacial score (nSPS) is 16.4. The standard InChI is InChI=1S/C20H21N5O3/c1-13-18(14(2)28-23-13)20(27)24-10-4-8-17(24)19(26)22-15-6-3-7-16(12-15)25-11-5-9-21-25/h3,5-7,9,11-12,17H,4,8,10H2,1-2H3,(H,22,26)/t17-/m1/s1. The van der Waals surface area contributed by atoms with Gasteiger partial charge in [0.15, 0.2) is 0 Å². The maximum Gasteiger partial charge on any atom is 0.260 e. The molecule has 144 valence electrons. The first-order valence-electron chi connectivity index (χ1n) is 9.19. The first-order valence-corrected chi connectivity index (χ1v) is 9.19. The number of hydrogen-bond donors (Lipinski definition) is 1. The number of hydrogen-bond acceptors (Lipinski definition) is 5. The van der Waals surface area contributed by atoms with Crippen molar-refractivity contribution < 1.29 is 14.1 Å². The van der Waals surface area contributed by atoms with E-state index < -0.39 is 6.04 Å². The molecule has 2 aromatic heterocycles. The first kappa shape index (κ1) is 18.0. The Morgan fingerprint density at radius 2 is 2.11 bits per heavy atom. The minimum Gasteiger partial charge on any atom is -0.361 e. The summed E-state index contributed by atoms with van der Waals surface area (Å²) in [5, 5.41) is 11.0. The number of nitrogens with zero attached hydrogens (tertiary/aromatic N) is 4. The third-order valence-electron chi connectivity index (χ3n) is 4.95. The first-order chi connectivity index (χ1) is 13.5. The Hall–Kier alpha value is -3.42. The highest BCUT2D eigenvalue weighted by Crippen LogP contribution is 2.24.